The summed E-state index contributed by atoms with van der Waals surface area (Å²) in [6.07, 6.45) is 7.88. The van der Waals surface area contributed by atoms with E-state index >= 15 is 0 Å². The summed E-state index contributed by atoms with van der Waals surface area (Å²) in [4.78, 5) is 15.8. The highest BCUT2D eigenvalue weighted by Gasteiger charge is 2.27. The van der Waals surface area contributed by atoms with Crippen molar-refractivity contribution in [3.05, 3.63) is 143 Å². The Kier molecular flexibility index (Phi) is 8.25. The fourth-order valence-electron chi connectivity index (χ4n) is 4.93. The molecule has 0 unspecified atom stereocenters. The summed E-state index contributed by atoms with van der Waals surface area (Å²) in [5.74, 6) is -0.0203. The van der Waals surface area contributed by atoms with E-state index in [4.69, 9.17) is 0 Å². The van der Waals surface area contributed by atoms with Crippen molar-refractivity contribution in [3.63, 3.8) is 0 Å². The van der Waals surface area contributed by atoms with Crippen LogP contribution in [0.15, 0.2) is 127 Å². The van der Waals surface area contributed by atoms with E-state index in [1.54, 1.807) is 0 Å². The first-order valence-electron chi connectivity index (χ1n) is 12.9. The lowest BCUT2D eigenvalue weighted by Crippen LogP contribution is -2.42. The molecule has 0 spiro atoms. The highest BCUT2D eigenvalue weighted by molar-refractivity contribution is 6.21. The van der Waals surface area contributed by atoms with E-state index in [1.165, 1.54) is 0 Å². The van der Waals surface area contributed by atoms with Crippen molar-refractivity contribution in [2.45, 2.75) is 39.8 Å². The smallest absolute Gasteiger partial charge is 0.255 e. The van der Waals surface area contributed by atoms with Crippen molar-refractivity contribution < 1.29 is 9.90 Å². The number of aliphatic hydroxyl groups is 1. The quantitative estimate of drug-likeness (QED) is 0.271. The standard InChI is InChI=1S/C34H35NO2/c1-24(2)35(25(3)4)34(37)32(28-18-12-7-13-19-28)29-20-22-30(23-21-29)33(36)31(26-14-8-5-9-15-26)27-16-10-6-11-17-27/h5-25,30,36H,1-4H3. The monoisotopic (exact) mass is 489 g/mol. The Labute approximate surface area is 220 Å². The van der Waals surface area contributed by atoms with Crippen LogP contribution in [0, 0.1) is 5.92 Å². The third-order valence-corrected chi connectivity index (χ3v) is 6.58. The molecule has 1 N–H and O–H groups in total. The molecular formula is C34H35NO2. The number of amides is 1. The van der Waals surface area contributed by atoms with Gasteiger partial charge < -0.3 is 10.0 Å². The number of hydrogen-bond acceptors (Lipinski definition) is 2. The molecule has 0 aliphatic heterocycles. The molecule has 3 aromatic rings. The number of rotatable bonds is 7. The van der Waals surface area contributed by atoms with E-state index in [1.807, 2.05) is 148 Å². The van der Waals surface area contributed by atoms with Crippen molar-refractivity contribution in [1.82, 2.24) is 4.90 Å². The van der Waals surface area contributed by atoms with Gasteiger partial charge in [0.15, 0.2) is 0 Å². The van der Waals surface area contributed by atoms with Gasteiger partial charge in [-0.15, -0.1) is 0 Å². The van der Waals surface area contributed by atoms with E-state index in [9.17, 15) is 9.90 Å². The average molecular weight is 490 g/mol. The van der Waals surface area contributed by atoms with Gasteiger partial charge in [0.25, 0.3) is 5.91 Å². The molecule has 0 aromatic heterocycles. The Morgan fingerprint density at radius 2 is 1.08 bits per heavy atom. The van der Waals surface area contributed by atoms with Crippen LogP contribution >= 0.6 is 0 Å². The summed E-state index contributed by atoms with van der Waals surface area (Å²) in [5, 5.41) is 11.5. The molecule has 0 heterocycles. The normalized spacial score (nSPS) is 14.6. The first-order valence-corrected chi connectivity index (χ1v) is 12.9. The zero-order valence-corrected chi connectivity index (χ0v) is 22.0. The van der Waals surface area contributed by atoms with Crippen molar-refractivity contribution in [3.8, 4) is 0 Å². The number of carbonyl (C=O) groups is 1. The molecule has 0 fully saturated rings. The van der Waals surface area contributed by atoms with Crippen LogP contribution in [0.1, 0.15) is 44.4 Å². The Morgan fingerprint density at radius 1 is 0.676 bits per heavy atom. The van der Waals surface area contributed by atoms with Crippen LogP contribution in [0.5, 0.6) is 0 Å². The molecule has 0 bridgehead atoms. The van der Waals surface area contributed by atoms with Gasteiger partial charge in [-0.05, 0) is 50.0 Å². The summed E-state index contributed by atoms with van der Waals surface area (Å²) < 4.78 is 0. The van der Waals surface area contributed by atoms with Gasteiger partial charge in [-0.1, -0.05) is 115 Å². The van der Waals surface area contributed by atoms with E-state index < -0.39 is 0 Å². The van der Waals surface area contributed by atoms with Crippen LogP contribution < -0.4 is 0 Å². The Hall–Kier alpha value is -4.11. The molecular weight excluding hydrogens is 454 g/mol. The average Bonchev–Trinajstić information content (AvgIpc) is 2.91. The lowest BCUT2D eigenvalue weighted by molar-refractivity contribution is -0.128. The van der Waals surface area contributed by atoms with Crippen molar-refractivity contribution in [2.24, 2.45) is 5.92 Å². The second-order valence-corrected chi connectivity index (χ2v) is 9.83. The van der Waals surface area contributed by atoms with Gasteiger partial charge in [0, 0.05) is 17.7 Å². The van der Waals surface area contributed by atoms with Crippen LogP contribution in [-0.4, -0.2) is 28.0 Å². The third kappa shape index (κ3) is 5.83. The van der Waals surface area contributed by atoms with Gasteiger partial charge in [0.2, 0.25) is 0 Å². The van der Waals surface area contributed by atoms with Crippen LogP contribution in [-0.2, 0) is 4.79 Å². The van der Waals surface area contributed by atoms with Gasteiger partial charge >= 0.3 is 0 Å². The minimum absolute atomic E-state index is 0.00738. The van der Waals surface area contributed by atoms with E-state index in [2.05, 4.69) is 0 Å². The van der Waals surface area contributed by atoms with Crippen molar-refractivity contribution in [2.75, 3.05) is 0 Å². The van der Waals surface area contributed by atoms with E-state index in [-0.39, 0.29) is 29.7 Å². The van der Waals surface area contributed by atoms with E-state index in [0.29, 0.717) is 5.57 Å². The summed E-state index contributed by atoms with van der Waals surface area (Å²) in [5.41, 5.74) is 5.11. The highest BCUT2D eigenvalue weighted by Crippen LogP contribution is 2.34. The molecule has 3 nitrogen and oxygen atoms in total. The number of hydrogen-bond donors (Lipinski definition) is 1. The fraction of sp³-hybridized carbons (Fsp3) is 0.206. The molecule has 0 saturated heterocycles. The minimum Gasteiger partial charge on any atom is -0.511 e. The molecule has 0 radical (unpaired) electrons. The van der Waals surface area contributed by atoms with Gasteiger partial charge in [-0.3, -0.25) is 4.79 Å². The molecule has 3 heteroatoms. The summed E-state index contributed by atoms with van der Waals surface area (Å²) in [6, 6.07) is 29.9. The second kappa shape index (κ2) is 11.7. The minimum atomic E-state index is -0.308. The van der Waals surface area contributed by atoms with Crippen molar-refractivity contribution in [1.29, 1.82) is 0 Å². The number of benzene rings is 3. The molecule has 1 amide bonds. The Morgan fingerprint density at radius 3 is 1.49 bits per heavy atom. The number of nitrogens with zero attached hydrogens (tertiary/aromatic N) is 1. The predicted molar refractivity (Wildman–Crippen MR) is 154 cm³/mol. The maximum atomic E-state index is 13.9. The summed E-state index contributed by atoms with van der Waals surface area (Å²) in [7, 11) is 0. The number of aliphatic hydroxyl groups excluding tert-OH is 1. The van der Waals surface area contributed by atoms with Gasteiger partial charge in [-0.25, -0.2) is 0 Å². The predicted octanol–water partition coefficient (Wildman–Crippen LogP) is 7.85. The fourth-order valence-corrected chi connectivity index (χ4v) is 4.93. The maximum absolute atomic E-state index is 13.9. The molecule has 0 atom stereocenters. The molecule has 188 valence electrons. The highest BCUT2D eigenvalue weighted by atomic mass is 16.3. The lowest BCUT2D eigenvalue weighted by Gasteiger charge is -2.32. The second-order valence-electron chi connectivity index (χ2n) is 9.83. The first kappa shape index (κ1) is 26.0. The van der Waals surface area contributed by atoms with Crippen LogP contribution in [0.4, 0.5) is 0 Å². The SMILES string of the molecule is CC(C)N(C(=O)C(=C1C=CC(C(O)=C(c2ccccc2)c2ccccc2)C=C1)c1ccccc1)C(C)C. The number of allylic oxidation sites excluding steroid dienone is 4. The lowest BCUT2D eigenvalue weighted by atomic mass is 9.87. The summed E-state index contributed by atoms with van der Waals surface area (Å²) >= 11 is 0. The Balaban J connectivity index is 1.79. The Bertz CT molecular complexity index is 1260. The van der Waals surface area contributed by atoms with Crippen LogP contribution in [0.2, 0.25) is 0 Å². The summed E-state index contributed by atoms with van der Waals surface area (Å²) in [6.45, 7) is 8.19. The third-order valence-electron chi connectivity index (χ3n) is 6.58. The molecule has 4 rings (SSSR count). The van der Waals surface area contributed by atoms with Gasteiger partial charge in [0.1, 0.15) is 5.76 Å². The van der Waals surface area contributed by atoms with Gasteiger partial charge in [0.05, 0.1) is 11.5 Å². The van der Waals surface area contributed by atoms with Crippen molar-refractivity contribution >= 4 is 17.1 Å². The number of carbonyl (C=O) groups excluding carboxylic acids is 1. The zero-order valence-electron chi connectivity index (χ0n) is 22.0. The largest absolute Gasteiger partial charge is 0.511 e. The first-order chi connectivity index (χ1) is 17.9. The van der Waals surface area contributed by atoms with Crippen LogP contribution in [0.3, 0.4) is 0 Å². The maximum Gasteiger partial charge on any atom is 0.255 e. The molecule has 1 aliphatic rings. The molecule has 1 aliphatic carbocycles. The molecule has 37 heavy (non-hydrogen) atoms. The molecule has 0 saturated carbocycles. The van der Waals surface area contributed by atoms with E-state index in [0.717, 1.165) is 27.8 Å². The zero-order chi connectivity index (χ0) is 26.4. The molecule has 3 aromatic carbocycles. The topological polar surface area (TPSA) is 40.5 Å². The van der Waals surface area contributed by atoms with Crippen LogP contribution in [0.25, 0.3) is 11.1 Å². The van der Waals surface area contributed by atoms with Gasteiger partial charge in [-0.2, -0.15) is 0 Å².